The summed E-state index contributed by atoms with van der Waals surface area (Å²) in [7, 11) is 2.16. The van der Waals surface area contributed by atoms with E-state index >= 15 is 0 Å². The first-order chi connectivity index (χ1) is 14.9. The molecule has 0 radical (unpaired) electrons. The number of rotatable bonds is 8. The van der Waals surface area contributed by atoms with Crippen LogP contribution in [0, 0.1) is 5.92 Å². The minimum atomic E-state index is -1.26. The number of thioether (sulfide) groups is 1. The summed E-state index contributed by atoms with van der Waals surface area (Å²) in [5.41, 5.74) is 1.39. The number of hydrogen-bond donors (Lipinski definition) is 2. The smallest absolute Gasteiger partial charge is 0.328 e. The summed E-state index contributed by atoms with van der Waals surface area (Å²) < 4.78 is 2.46. The number of likely N-dealkylation sites (tertiary alicyclic amines) is 1. The van der Waals surface area contributed by atoms with Gasteiger partial charge in [-0.1, -0.05) is 18.2 Å². The zero-order valence-electron chi connectivity index (χ0n) is 17.7. The molecular weight excluding hydrogens is 414 g/mol. The second-order valence-electron chi connectivity index (χ2n) is 7.79. The highest BCUT2D eigenvalue weighted by molar-refractivity contribution is 7.99. The predicted octanol–water partition coefficient (Wildman–Crippen LogP) is 3.98. The van der Waals surface area contributed by atoms with Gasteiger partial charge in [0.1, 0.15) is 0 Å². The van der Waals surface area contributed by atoms with Crippen molar-refractivity contribution in [1.29, 1.82) is 0 Å². The molecule has 2 N–H and O–H groups in total. The van der Waals surface area contributed by atoms with Crippen LogP contribution in [0.5, 0.6) is 0 Å². The molecule has 2 aliphatic rings. The van der Waals surface area contributed by atoms with E-state index in [-0.39, 0.29) is 0 Å². The molecule has 2 fully saturated rings. The molecule has 0 unspecified atom stereocenters. The predicted molar refractivity (Wildman–Crippen MR) is 124 cm³/mol. The van der Waals surface area contributed by atoms with Crippen molar-refractivity contribution in [3.8, 4) is 0 Å². The van der Waals surface area contributed by atoms with Crippen molar-refractivity contribution in [2.75, 3.05) is 25.9 Å². The average Bonchev–Trinajstić information content (AvgIpc) is 3.37. The molecule has 166 valence electrons. The highest BCUT2D eigenvalue weighted by atomic mass is 32.2. The van der Waals surface area contributed by atoms with Gasteiger partial charge in [-0.25, -0.2) is 9.59 Å². The topological polar surface area (TPSA) is 95.1 Å². The van der Waals surface area contributed by atoms with Crippen LogP contribution in [0.3, 0.4) is 0 Å². The van der Waals surface area contributed by atoms with Crippen LogP contribution >= 0.6 is 11.8 Å². The lowest BCUT2D eigenvalue weighted by atomic mass is 10.2. The normalized spacial score (nSPS) is 17.3. The largest absolute Gasteiger partial charge is 0.478 e. The van der Waals surface area contributed by atoms with Crippen molar-refractivity contribution < 1.29 is 19.8 Å². The van der Waals surface area contributed by atoms with Crippen LogP contribution in [0.15, 0.2) is 52.5 Å². The molecule has 0 spiro atoms. The van der Waals surface area contributed by atoms with Gasteiger partial charge in [0.25, 0.3) is 0 Å². The minimum absolute atomic E-state index is 0.558. The number of hydrogen-bond acceptors (Lipinski definition) is 4. The first-order valence-corrected chi connectivity index (χ1v) is 11.5. The van der Waals surface area contributed by atoms with E-state index < -0.39 is 11.9 Å². The second-order valence-corrected chi connectivity index (χ2v) is 8.92. The number of benzene rings is 1. The van der Waals surface area contributed by atoms with E-state index in [4.69, 9.17) is 15.2 Å². The molecule has 0 bridgehead atoms. The maximum Gasteiger partial charge on any atom is 0.328 e. The van der Waals surface area contributed by atoms with Crippen LogP contribution in [0.2, 0.25) is 0 Å². The Bertz CT molecular complexity index is 962. The fraction of sp³-hybridized carbons (Fsp3) is 0.435. The quantitative estimate of drug-likeness (QED) is 0.364. The number of carboxylic acids is 2. The minimum Gasteiger partial charge on any atom is -0.478 e. The molecule has 1 saturated carbocycles. The van der Waals surface area contributed by atoms with Gasteiger partial charge in [0.2, 0.25) is 0 Å². The molecule has 8 heteroatoms. The van der Waals surface area contributed by atoms with Crippen molar-refractivity contribution in [1.82, 2.24) is 9.47 Å². The maximum atomic E-state index is 9.55. The lowest BCUT2D eigenvalue weighted by Gasteiger charge is -2.10. The molecule has 0 atom stereocenters. The van der Waals surface area contributed by atoms with E-state index in [1.807, 2.05) is 11.8 Å². The Balaban J connectivity index is 0.000000293. The highest BCUT2D eigenvalue weighted by Gasteiger charge is 2.22. The Morgan fingerprint density at radius 1 is 1.19 bits per heavy atom. The molecule has 0 amide bonds. The Kier molecular flexibility index (Phi) is 8.17. The van der Waals surface area contributed by atoms with Crippen LogP contribution < -0.4 is 0 Å². The monoisotopic (exact) mass is 443 g/mol. The third-order valence-corrected chi connectivity index (χ3v) is 6.27. The lowest BCUT2D eigenvalue weighted by Crippen LogP contribution is -2.19. The number of aromatic nitrogens is 1. The number of aliphatic imine (C=N–C) groups is 1. The molecular formula is C23H29N3O4S. The summed E-state index contributed by atoms with van der Waals surface area (Å²) in [5.74, 6) is 0.754. The van der Waals surface area contributed by atoms with Gasteiger partial charge in [-0.05, 0) is 31.2 Å². The summed E-state index contributed by atoms with van der Waals surface area (Å²) >= 11 is 1.96. The molecule has 1 aromatic heterocycles. The molecule has 2 heterocycles. The summed E-state index contributed by atoms with van der Waals surface area (Å²) in [6.07, 6.45) is 8.70. The Labute approximate surface area is 186 Å². The second kappa shape index (κ2) is 11.0. The third-order valence-electron chi connectivity index (χ3n) is 5.25. The van der Waals surface area contributed by atoms with Gasteiger partial charge >= 0.3 is 11.9 Å². The van der Waals surface area contributed by atoms with Gasteiger partial charge in [0.05, 0.1) is 12.4 Å². The SMILES string of the molecule is CN1CCCC1=NCCSc1cn(CC2CC2)c2ccccc12.O=C(O)C=CC(=O)O. The van der Waals surface area contributed by atoms with Gasteiger partial charge in [0, 0.05) is 66.5 Å². The standard InChI is InChI=1S/C19H25N3S.C4H4O4/c1-21-11-4-7-19(21)20-10-12-23-18-14-22(13-15-8-9-15)17-6-3-2-5-16(17)18;5-3(6)1-2-4(7)8/h2-3,5-6,14-15H,4,7-13H2,1H3;1-2H,(H,5,6)(H,7,8). The van der Waals surface area contributed by atoms with Crippen LogP contribution in [-0.2, 0) is 16.1 Å². The van der Waals surface area contributed by atoms with E-state index in [9.17, 15) is 9.59 Å². The number of para-hydroxylation sites is 1. The van der Waals surface area contributed by atoms with Gasteiger partial charge in [-0.2, -0.15) is 0 Å². The van der Waals surface area contributed by atoms with E-state index in [0.29, 0.717) is 12.2 Å². The van der Waals surface area contributed by atoms with E-state index in [1.165, 1.54) is 54.0 Å². The van der Waals surface area contributed by atoms with Crippen LogP contribution in [0.1, 0.15) is 25.7 Å². The number of carboxylic acid groups (broad SMARTS) is 2. The molecule has 31 heavy (non-hydrogen) atoms. The Morgan fingerprint density at radius 3 is 2.52 bits per heavy atom. The van der Waals surface area contributed by atoms with Gasteiger partial charge in [0.15, 0.2) is 0 Å². The van der Waals surface area contributed by atoms with E-state index in [1.54, 1.807) is 0 Å². The lowest BCUT2D eigenvalue weighted by molar-refractivity contribution is -0.134. The summed E-state index contributed by atoms with van der Waals surface area (Å²) in [5, 5.41) is 17.0. The van der Waals surface area contributed by atoms with Gasteiger partial charge in [-0.15, -0.1) is 11.8 Å². The molecule has 1 saturated heterocycles. The summed E-state index contributed by atoms with van der Waals surface area (Å²) in [4.78, 5) is 27.6. The molecule has 1 aliphatic heterocycles. The van der Waals surface area contributed by atoms with Crippen molar-refractivity contribution in [2.24, 2.45) is 10.9 Å². The highest BCUT2D eigenvalue weighted by Crippen LogP contribution is 2.35. The molecule has 1 aliphatic carbocycles. The molecule has 1 aromatic carbocycles. The third kappa shape index (κ3) is 7.17. The first-order valence-electron chi connectivity index (χ1n) is 10.5. The van der Waals surface area contributed by atoms with Crippen LogP contribution in [0.25, 0.3) is 10.9 Å². The van der Waals surface area contributed by atoms with Gasteiger partial charge in [-0.3, -0.25) is 4.99 Å². The molecule has 2 aromatic rings. The molecule has 7 nitrogen and oxygen atoms in total. The van der Waals surface area contributed by atoms with Crippen molar-refractivity contribution in [3.05, 3.63) is 42.6 Å². The fourth-order valence-electron chi connectivity index (χ4n) is 3.52. The number of amidine groups is 1. The van der Waals surface area contributed by atoms with E-state index in [0.717, 1.165) is 24.6 Å². The summed E-state index contributed by atoms with van der Waals surface area (Å²) in [6, 6.07) is 8.83. The number of carbonyl (C=O) groups is 2. The fourth-order valence-corrected chi connectivity index (χ4v) is 4.46. The van der Waals surface area contributed by atoms with Crippen molar-refractivity contribution in [3.63, 3.8) is 0 Å². The Morgan fingerprint density at radius 2 is 1.90 bits per heavy atom. The maximum absolute atomic E-state index is 9.55. The van der Waals surface area contributed by atoms with Crippen molar-refractivity contribution in [2.45, 2.75) is 37.1 Å². The van der Waals surface area contributed by atoms with Crippen molar-refractivity contribution >= 4 is 40.4 Å². The van der Waals surface area contributed by atoms with E-state index in [2.05, 4.69) is 47.0 Å². The molecule has 4 rings (SSSR count). The van der Waals surface area contributed by atoms with Crippen LogP contribution in [-0.4, -0.2) is 63.3 Å². The zero-order valence-corrected chi connectivity index (χ0v) is 18.6. The average molecular weight is 444 g/mol. The number of nitrogens with zero attached hydrogens (tertiary/aromatic N) is 3. The Hall–Kier alpha value is -2.74. The van der Waals surface area contributed by atoms with Crippen LogP contribution in [0.4, 0.5) is 0 Å². The number of aliphatic carboxylic acids is 2. The first kappa shape index (κ1) is 22.9. The zero-order chi connectivity index (χ0) is 22.2. The summed E-state index contributed by atoms with van der Waals surface area (Å²) in [6.45, 7) is 3.28. The number of fused-ring (bicyclic) bond motifs is 1. The van der Waals surface area contributed by atoms with Gasteiger partial charge < -0.3 is 19.7 Å².